The van der Waals surface area contributed by atoms with Crippen molar-refractivity contribution in [3.05, 3.63) is 70.7 Å². The molecule has 21 heavy (non-hydrogen) atoms. The molecule has 0 atom stereocenters. The summed E-state index contributed by atoms with van der Waals surface area (Å²) in [6, 6.07) is 18.8. The average Bonchev–Trinajstić information content (AvgIpc) is 2.48. The molecule has 0 aliphatic heterocycles. The van der Waals surface area contributed by atoms with E-state index in [9.17, 15) is 13.2 Å². The predicted octanol–water partition coefficient (Wildman–Crippen LogP) is 3.20. The molecule has 0 bridgehead atoms. The van der Waals surface area contributed by atoms with Crippen molar-refractivity contribution in [2.75, 3.05) is 0 Å². The van der Waals surface area contributed by atoms with Crippen molar-refractivity contribution in [2.24, 2.45) is 4.53 Å². The quantitative estimate of drug-likeness (QED) is 0.778. The number of hydrogen-bond acceptors (Lipinski definition) is 5. The molecule has 0 heterocycles. The molecule has 7 heteroatoms. The highest BCUT2D eigenvalue weighted by Crippen LogP contribution is 2.05. The van der Waals surface area contributed by atoms with Crippen molar-refractivity contribution >= 4 is 32.4 Å². The fraction of sp³-hybridized carbons (Fsp3) is 0.0714. The number of halogens is 1. The highest BCUT2D eigenvalue weighted by molar-refractivity contribution is 9.10. The Kier molecular flexibility index (Phi) is 8.00. The third kappa shape index (κ3) is 8.72. The maximum Gasteiger partial charge on any atom is 0.349 e. The fourth-order valence-corrected chi connectivity index (χ4v) is 1.73. The molecule has 0 aromatic heterocycles. The molecule has 2 aromatic rings. The minimum Gasteiger partial charge on any atom is -0.303 e. The Morgan fingerprint density at radius 1 is 1.00 bits per heavy atom. The molecule has 0 spiro atoms. The van der Waals surface area contributed by atoms with Crippen molar-refractivity contribution in [1.82, 2.24) is 0 Å². The van der Waals surface area contributed by atoms with Gasteiger partial charge in [0, 0.05) is 4.47 Å². The standard InChI is InChI=1S/C8H7NO4S.C6H5Br/c10-8(13-9-14(11)12)6-7-4-2-1-3-5-7;7-6-4-2-1-3-5-6/h1-5H,6H2;1-5H. The molecule has 5 nitrogen and oxygen atoms in total. The molecular formula is C14H12BrNO4S. The van der Waals surface area contributed by atoms with E-state index in [0.29, 0.717) is 0 Å². The maximum absolute atomic E-state index is 10.9. The Labute approximate surface area is 132 Å². The summed E-state index contributed by atoms with van der Waals surface area (Å²) in [5.74, 6) is -0.708. The molecule has 0 amide bonds. The first-order chi connectivity index (χ1) is 10.1. The second kappa shape index (κ2) is 9.84. The highest BCUT2D eigenvalue weighted by Gasteiger charge is 2.03. The Morgan fingerprint density at radius 2 is 1.52 bits per heavy atom. The largest absolute Gasteiger partial charge is 0.349 e. The van der Waals surface area contributed by atoms with E-state index in [1.807, 2.05) is 36.4 Å². The summed E-state index contributed by atoms with van der Waals surface area (Å²) in [6.45, 7) is 0. The van der Waals surface area contributed by atoms with Crippen molar-refractivity contribution in [1.29, 1.82) is 0 Å². The Morgan fingerprint density at radius 3 is 1.95 bits per heavy atom. The predicted molar refractivity (Wildman–Crippen MR) is 81.7 cm³/mol. The van der Waals surface area contributed by atoms with Crippen molar-refractivity contribution < 1.29 is 18.0 Å². The lowest BCUT2D eigenvalue weighted by Gasteiger charge is -1.95. The minimum absolute atomic E-state index is 0.00153. The summed E-state index contributed by atoms with van der Waals surface area (Å²) < 4.78 is 23.5. The van der Waals surface area contributed by atoms with Crippen LogP contribution in [-0.4, -0.2) is 14.4 Å². The monoisotopic (exact) mass is 369 g/mol. The molecule has 0 N–H and O–H groups in total. The summed E-state index contributed by atoms with van der Waals surface area (Å²) in [4.78, 5) is 15.0. The van der Waals surface area contributed by atoms with Crippen LogP contribution in [0.15, 0.2) is 69.7 Å². The van der Waals surface area contributed by atoms with E-state index in [-0.39, 0.29) is 6.42 Å². The van der Waals surface area contributed by atoms with Gasteiger partial charge in [0.05, 0.1) is 10.9 Å². The Balaban J connectivity index is 0.000000262. The molecule has 0 fully saturated rings. The van der Waals surface area contributed by atoms with Crippen molar-refractivity contribution in [3.63, 3.8) is 0 Å². The second-order valence-electron chi connectivity index (χ2n) is 3.71. The van der Waals surface area contributed by atoms with Gasteiger partial charge in [0.25, 0.3) is 0 Å². The van der Waals surface area contributed by atoms with Crippen LogP contribution < -0.4 is 0 Å². The van der Waals surface area contributed by atoms with Crippen LogP contribution in [0.1, 0.15) is 5.56 Å². The van der Waals surface area contributed by atoms with Gasteiger partial charge in [-0.05, 0) is 17.7 Å². The van der Waals surface area contributed by atoms with E-state index in [2.05, 4.69) is 25.3 Å². The smallest absolute Gasteiger partial charge is 0.303 e. The van der Waals surface area contributed by atoms with E-state index in [0.717, 1.165) is 10.0 Å². The van der Waals surface area contributed by atoms with Gasteiger partial charge in [-0.15, -0.1) is 0 Å². The molecule has 2 rings (SSSR count). The first-order valence-corrected chi connectivity index (χ1v) is 7.65. The Hall–Kier alpha value is -1.99. The third-order valence-electron chi connectivity index (χ3n) is 2.12. The average molecular weight is 370 g/mol. The molecule has 0 saturated carbocycles. The van der Waals surface area contributed by atoms with Crippen LogP contribution in [0.2, 0.25) is 0 Å². The van der Waals surface area contributed by atoms with Gasteiger partial charge in [0.15, 0.2) is 0 Å². The normalized spacial score (nSPS) is 9.00. The number of carbonyl (C=O) groups excluding carboxylic acids is 1. The van der Waals surface area contributed by atoms with E-state index in [1.165, 1.54) is 0 Å². The van der Waals surface area contributed by atoms with E-state index >= 15 is 0 Å². The zero-order chi connectivity index (χ0) is 15.5. The van der Waals surface area contributed by atoms with Crippen LogP contribution in [0.4, 0.5) is 0 Å². The van der Waals surface area contributed by atoms with Gasteiger partial charge in [-0.3, -0.25) is 0 Å². The van der Waals surface area contributed by atoms with Gasteiger partial charge in [-0.25, -0.2) is 4.79 Å². The van der Waals surface area contributed by atoms with Gasteiger partial charge < -0.3 is 4.84 Å². The summed E-state index contributed by atoms with van der Waals surface area (Å²) in [5, 5.41) is 0. The van der Waals surface area contributed by atoms with E-state index < -0.39 is 16.5 Å². The van der Waals surface area contributed by atoms with E-state index in [1.54, 1.807) is 24.3 Å². The van der Waals surface area contributed by atoms with Crippen molar-refractivity contribution in [2.45, 2.75) is 6.42 Å². The Bertz CT molecular complexity index is 679. The highest BCUT2D eigenvalue weighted by atomic mass is 79.9. The van der Waals surface area contributed by atoms with Gasteiger partial charge in [0.2, 0.25) is 0 Å². The second-order valence-corrected chi connectivity index (χ2v) is 5.21. The number of rotatable bonds is 3. The molecule has 0 aliphatic carbocycles. The molecule has 0 radical (unpaired) electrons. The third-order valence-corrected chi connectivity index (χ3v) is 2.85. The SMILES string of the molecule is Brc1ccccc1.O=C(Cc1ccccc1)ON=S(=O)=O. The molecule has 2 aromatic carbocycles. The lowest BCUT2D eigenvalue weighted by molar-refractivity contribution is -0.142. The zero-order valence-electron chi connectivity index (χ0n) is 10.8. The lowest BCUT2D eigenvalue weighted by Crippen LogP contribution is -2.03. The van der Waals surface area contributed by atoms with Crippen LogP contribution >= 0.6 is 15.9 Å². The van der Waals surface area contributed by atoms with Crippen LogP contribution in [0.5, 0.6) is 0 Å². The van der Waals surface area contributed by atoms with Gasteiger partial charge >= 0.3 is 16.5 Å². The minimum atomic E-state index is -2.71. The van der Waals surface area contributed by atoms with Crippen LogP contribution in [0.3, 0.4) is 0 Å². The maximum atomic E-state index is 10.9. The van der Waals surface area contributed by atoms with Crippen LogP contribution in [0.25, 0.3) is 0 Å². The van der Waals surface area contributed by atoms with E-state index in [4.69, 9.17) is 0 Å². The first-order valence-electron chi connectivity index (χ1n) is 5.82. The molecule has 0 aliphatic rings. The summed E-state index contributed by atoms with van der Waals surface area (Å²) in [6.07, 6.45) is 0.00153. The zero-order valence-corrected chi connectivity index (χ0v) is 13.2. The fourth-order valence-electron chi connectivity index (χ4n) is 1.28. The first kappa shape index (κ1) is 17.1. The van der Waals surface area contributed by atoms with Crippen LogP contribution in [0, 0.1) is 0 Å². The molecule has 0 saturated heterocycles. The summed E-state index contributed by atoms with van der Waals surface area (Å²) >= 11 is 3.31. The van der Waals surface area contributed by atoms with Crippen LogP contribution in [-0.2, 0) is 26.6 Å². The molecule has 0 unspecified atom stereocenters. The number of carbonyl (C=O) groups is 1. The van der Waals surface area contributed by atoms with Gasteiger partial charge in [-0.2, -0.15) is 8.42 Å². The van der Waals surface area contributed by atoms with Gasteiger partial charge in [-0.1, -0.05) is 64.5 Å². The molecule has 110 valence electrons. The summed E-state index contributed by atoms with van der Waals surface area (Å²) in [5.41, 5.74) is 0.740. The van der Waals surface area contributed by atoms with Gasteiger partial charge in [0.1, 0.15) is 0 Å². The number of hydrogen-bond donors (Lipinski definition) is 0. The molecular weight excluding hydrogens is 358 g/mol. The number of nitrogens with zero attached hydrogens (tertiary/aromatic N) is 1. The van der Waals surface area contributed by atoms with Crippen molar-refractivity contribution in [3.8, 4) is 0 Å². The number of benzene rings is 2. The summed E-state index contributed by atoms with van der Waals surface area (Å²) in [7, 11) is -2.71. The topological polar surface area (TPSA) is 72.8 Å². The lowest BCUT2D eigenvalue weighted by atomic mass is 10.2.